The molecule has 5 heteroatoms. The van der Waals surface area contributed by atoms with Gasteiger partial charge in [0.2, 0.25) is 5.91 Å². The van der Waals surface area contributed by atoms with Gasteiger partial charge in [-0.25, -0.2) is 4.39 Å². The van der Waals surface area contributed by atoms with Crippen molar-refractivity contribution in [3.8, 4) is 5.75 Å². The number of benzene rings is 1. The molecule has 0 aliphatic carbocycles. The second kappa shape index (κ2) is 7.53. The molecule has 0 fully saturated rings. The first-order valence-electron chi connectivity index (χ1n) is 6.03. The van der Waals surface area contributed by atoms with Crippen molar-refractivity contribution in [2.24, 2.45) is 0 Å². The zero-order chi connectivity index (χ0) is 14.3. The Bertz CT molecular complexity index is 456. The van der Waals surface area contributed by atoms with Gasteiger partial charge in [-0.2, -0.15) is 0 Å². The first-order valence-corrected chi connectivity index (χ1v) is 6.03. The van der Waals surface area contributed by atoms with Gasteiger partial charge in [0.05, 0.1) is 19.8 Å². The first kappa shape index (κ1) is 15.2. The van der Waals surface area contributed by atoms with Gasteiger partial charge in [-0.1, -0.05) is 13.0 Å². The maximum Gasteiger partial charge on any atom is 0.244 e. The van der Waals surface area contributed by atoms with Crippen molar-refractivity contribution in [2.45, 2.75) is 19.4 Å². The minimum atomic E-state index is -0.480. The van der Waals surface area contributed by atoms with E-state index in [2.05, 4.69) is 5.32 Å². The van der Waals surface area contributed by atoms with Crippen LogP contribution >= 0.6 is 0 Å². The highest BCUT2D eigenvalue weighted by atomic mass is 19.1. The number of methoxy groups -OCH3 is 1. The van der Waals surface area contributed by atoms with Crippen molar-refractivity contribution in [3.63, 3.8) is 0 Å². The van der Waals surface area contributed by atoms with Crippen molar-refractivity contribution in [1.29, 1.82) is 0 Å². The van der Waals surface area contributed by atoms with Gasteiger partial charge >= 0.3 is 0 Å². The number of carbonyl (C=O) groups excluding carboxylic acids is 1. The summed E-state index contributed by atoms with van der Waals surface area (Å²) >= 11 is 0. The largest absolute Gasteiger partial charge is 0.494 e. The lowest BCUT2D eigenvalue weighted by Crippen LogP contribution is -2.35. The zero-order valence-electron chi connectivity index (χ0n) is 11.0. The van der Waals surface area contributed by atoms with E-state index in [1.165, 1.54) is 31.4 Å². The van der Waals surface area contributed by atoms with E-state index in [9.17, 15) is 9.18 Å². The summed E-state index contributed by atoms with van der Waals surface area (Å²) in [5, 5.41) is 11.6. The average Bonchev–Trinajstić information content (AvgIpc) is 2.42. The standard InChI is InChI=1S/C14H18FNO3/c1-3-11(9-17)16-14(18)7-5-10-4-6-13(19-2)12(15)8-10/h4-8,11,17H,3,9H2,1-2H3,(H,16,18)/b7-5+/t11-/m0/s1. The van der Waals surface area contributed by atoms with Crippen LogP contribution in [0.1, 0.15) is 18.9 Å². The third-order valence-electron chi connectivity index (χ3n) is 2.66. The van der Waals surface area contributed by atoms with Crippen LogP contribution in [0.3, 0.4) is 0 Å². The van der Waals surface area contributed by atoms with Crippen molar-refractivity contribution in [1.82, 2.24) is 5.32 Å². The van der Waals surface area contributed by atoms with E-state index >= 15 is 0 Å². The Hall–Kier alpha value is -1.88. The summed E-state index contributed by atoms with van der Waals surface area (Å²) in [5.74, 6) is -0.642. The number of aliphatic hydroxyl groups is 1. The van der Waals surface area contributed by atoms with E-state index in [0.29, 0.717) is 12.0 Å². The number of hydrogen-bond donors (Lipinski definition) is 2. The predicted molar refractivity (Wildman–Crippen MR) is 71.3 cm³/mol. The van der Waals surface area contributed by atoms with Crippen LogP contribution in [0.4, 0.5) is 4.39 Å². The van der Waals surface area contributed by atoms with Gasteiger partial charge in [0, 0.05) is 6.08 Å². The lowest BCUT2D eigenvalue weighted by atomic mass is 10.2. The van der Waals surface area contributed by atoms with E-state index in [1.807, 2.05) is 6.92 Å². The maximum atomic E-state index is 13.4. The number of carbonyl (C=O) groups is 1. The topological polar surface area (TPSA) is 58.6 Å². The van der Waals surface area contributed by atoms with Crippen molar-refractivity contribution < 1.29 is 19.0 Å². The van der Waals surface area contributed by atoms with E-state index in [0.717, 1.165) is 0 Å². The summed E-state index contributed by atoms with van der Waals surface area (Å²) in [6.45, 7) is 1.76. The smallest absolute Gasteiger partial charge is 0.244 e. The van der Waals surface area contributed by atoms with Gasteiger partial charge in [-0.05, 0) is 30.2 Å². The SMILES string of the molecule is CC[C@@H](CO)NC(=O)/C=C/c1ccc(OC)c(F)c1. The first-order chi connectivity index (χ1) is 9.10. The molecule has 0 saturated heterocycles. The molecule has 1 rings (SSSR count). The van der Waals surface area contributed by atoms with Crippen LogP contribution in [0.15, 0.2) is 24.3 Å². The Morgan fingerprint density at radius 1 is 1.58 bits per heavy atom. The normalized spacial score (nSPS) is 12.4. The van der Waals surface area contributed by atoms with Gasteiger partial charge < -0.3 is 15.2 Å². The molecule has 1 aromatic carbocycles. The molecule has 0 saturated carbocycles. The highest BCUT2D eigenvalue weighted by Crippen LogP contribution is 2.18. The van der Waals surface area contributed by atoms with Crippen LogP contribution in [-0.4, -0.2) is 30.8 Å². The molecule has 1 aromatic rings. The number of hydrogen-bond acceptors (Lipinski definition) is 3. The molecule has 19 heavy (non-hydrogen) atoms. The Labute approximate surface area is 111 Å². The lowest BCUT2D eigenvalue weighted by molar-refractivity contribution is -0.117. The molecule has 0 unspecified atom stereocenters. The summed E-state index contributed by atoms with van der Waals surface area (Å²) in [6, 6.07) is 4.17. The fourth-order valence-electron chi connectivity index (χ4n) is 1.48. The molecule has 104 valence electrons. The third-order valence-corrected chi connectivity index (χ3v) is 2.66. The predicted octanol–water partition coefficient (Wildman–Crippen LogP) is 1.73. The quantitative estimate of drug-likeness (QED) is 0.772. The van der Waals surface area contributed by atoms with E-state index in [4.69, 9.17) is 9.84 Å². The minimum Gasteiger partial charge on any atom is -0.494 e. The Morgan fingerprint density at radius 3 is 2.84 bits per heavy atom. The molecule has 4 nitrogen and oxygen atoms in total. The summed E-state index contributed by atoms with van der Waals surface area (Å²) in [4.78, 5) is 11.5. The van der Waals surface area contributed by atoms with Gasteiger partial charge in [0.15, 0.2) is 11.6 Å². The van der Waals surface area contributed by atoms with Gasteiger partial charge in [0.1, 0.15) is 0 Å². The molecule has 1 atom stereocenters. The number of amides is 1. The molecule has 0 radical (unpaired) electrons. The summed E-state index contributed by atoms with van der Waals surface area (Å²) in [7, 11) is 1.39. The number of halogens is 1. The van der Waals surface area contributed by atoms with Gasteiger partial charge in [-0.3, -0.25) is 4.79 Å². The molecule has 0 aliphatic rings. The van der Waals surface area contributed by atoms with Crippen LogP contribution in [0.5, 0.6) is 5.75 Å². The summed E-state index contributed by atoms with van der Waals surface area (Å²) in [6.07, 6.45) is 3.45. The van der Waals surface area contributed by atoms with E-state index < -0.39 is 5.82 Å². The van der Waals surface area contributed by atoms with Crippen molar-refractivity contribution in [2.75, 3.05) is 13.7 Å². The highest BCUT2D eigenvalue weighted by Gasteiger charge is 2.06. The average molecular weight is 267 g/mol. The monoisotopic (exact) mass is 267 g/mol. The molecule has 0 bridgehead atoms. The summed E-state index contributed by atoms with van der Waals surface area (Å²) < 4.78 is 18.2. The molecule has 0 spiro atoms. The Kier molecular flexibility index (Phi) is 6.02. The molecule has 0 aliphatic heterocycles. The van der Waals surface area contributed by atoms with Crippen LogP contribution < -0.4 is 10.1 Å². The van der Waals surface area contributed by atoms with Gasteiger partial charge in [-0.15, -0.1) is 0 Å². The highest BCUT2D eigenvalue weighted by molar-refractivity contribution is 5.91. The molecule has 0 aromatic heterocycles. The Balaban J connectivity index is 2.66. The zero-order valence-corrected chi connectivity index (χ0v) is 11.0. The van der Waals surface area contributed by atoms with E-state index in [-0.39, 0.29) is 24.3 Å². The molecule has 2 N–H and O–H groups in total. The minimum absolute atomic E-state index is 0.104. The molecule has 1 amide bonds. The van der Waals surface area contributed by atoms with Crippen LogP contribution in [0.25, 0.3) is 6.08 Å². The van der Waals surface area contributed by atoms with Crippen molar-refractivity contribution >= 4 is 12.0 Å². The van der Waals surface area contributed by atoms with Crippen LogP contribution in [0, 0.1) is 5.82 Å². The Morgan fingerprint density at radius 2 is 2.32 bits per heavy atom. The third kappa shape index (κ3) is 4.71. The summed E-state index contributed by atoms with van der Waals surface area (Å²) in [5.41, 5.74) is 0.561. The fraction of sp³-hybridized carbons (Fsp3) is 0.357. The number of rotatable bonds is 6. The number of aliphatic hydroxyl groups excluding tert-OH is 1. The lowest BCUT2D eigenvalue weighted by Gasteiger charge is -2.11. The fourth-order valence-corrected chi connectivity index (χ4v) is 1.48. The van der Waals surface area contributed by atoms with E-state index in [1.54, 1.807) is 6.07 Å². The second-order valence-electron chi connectivity index (χ2n) is 4.02. The number of ether oxygens (including phenoxy) is 1. The van der Waals surface area contributed by atoms with Crippen LogP contribution in [0.2, 0.25) is 0 Å². The second-order valence-corrected chi connectivity index (χ2v) is 4.02. The number of nitrogens with one attached hydrogen (secondary N) is 1. The van der Waals surface area contributed by atoms with Gasteiger partial charge in [0.25, 0.3) is 0 Å². The molecule has 0 heterocycles. The van der Waals surface area contributed by atoms with Crippen molar-refractivity contribution in [3.05, 3.63) is 35.7 Å². The van der Waals surface area contributed by atoms with Crippen LogP contribution in [-0.2, 0) is 4.79 Å². The molecular formula is C14H18FNO3. The molecular weight excluding hydrogens is 249 g/mol. The maximum absolute atomic E-state index is 13.4.